The van der Waals surface area contributed by atoms with Gasteiger partial charge in [-0.3, -0.25) is 0 Å². The van der Waals surface area contributed by atoms with Gasteiger partial charge < -0.3 is 0 Å². The molecule has 0 saturated carbocycles. The summed E-state index contributed by atoms with van der Waals surface area (Å²) in [6, 6.07) is 0. The van der Waals surface area contributed by atoms with Gasteiger partial charge in [0.2, 0.25) is 0 Å². The molecule has 0 saturated heterocycles. The third kappa shape index (κ3) is 2.67. The molecule has 0 fully saturated rings. The van der Waals surface area contributed by atoms with E-state index < -0.39 is 0 Å². The molecule has 21 heavy (non-hydrogen) atoms. The summed E-state index contributed by atoms with van der Waals surface area (Å²) in [6.07, 6.45) is 16.1. The van der Waals surface area contributed by atoms with E-state index in [0.717, 1.165) is 12.8 Å². The van der Waals surface area contributed by atoms with Crippen LogP contribution in [0.5, 0.6) is 0 Å². The second-order valence-electron chi connectivity index (χ2n) is 6.52. The van der Waals surface area contributed by atoms with Crippen LogP contribution in [0.15, 0.2) is 69.9 Å². The zero-order valence-corrected chi connectivity index (χ0v) is 14.5. The summed E-state index contributed by atoms with van der Waals surface area (Å²) < 4.78 is 0. The molecule has 0 bridgehead atoms. The summed E-state index contributed by atoms with van der Waals surface area (Å²) in [7, 11) is -0.339. The highest BCUT2D eigenvalue weighted by atomic mass is 28.2. The maximum absolute atomic E-state index is 2.62. The molecule has 1 unspecified atom stereocenters. The second-order valence-corrected chi connectivity index (χ2v) is 9.01. The van der Waals surface area contributed by atoms with Gasteiger partial charge in [0.05, 0.1) is 0 Å². The first-order valence-electron chi connectivity index (χ1n) is 7.89. The van der Waals surface area contributed by atoms with Crippen molar-refractivity contribution < 1.29 is 0 Å². The number of allylic oxidation sites excluding steroid dienone is 12. The van der Waals surface area contributed by atoms with Gasteiger partial charge >= 0.3 is 0 Å². The number of hydrogen-bond acceptors (Lipinski definition) is 0. The molecule has 1 atom stereocenters. The Kier molecular flexibility index (Phi) is 3.94. The standard InChI is InChI=1S/C20H24Si/c1-14-8-7-11-18(14)19-15(2)12-16-9-5-6-10-17(20(16)19)13-21(3)4/h5-9,12-13,17H,10-11H2,1-4H3. The molecule has 0 nitrogen and oxygen atoms in total. The summed E-state index contributed by atoms with van der Waals surface area (Å²) in [6.45, 7) is 9.31. The van der Waals surface area contributed by atoms with Crippen molar-refractivity contribution >= 4 is 14.1 Å². The van der Waals surface area contributed by atoms with Crippen LogP contribution in [0, 0.1) is 5.92 Å². The molecule has 0 aliphatic heterocycles. The van der Waals surface area contributed by atoms with Crippen LogP contribution < -0.4 is 0 Å². The molecular formula is C20H24Si. The van der Waals surface area contributed by atoms with Crippen molar-refractivity contribution in [3.05, 3.63) is 69.9 Å². The first-order valence-corrected chi connectivity index (χ1v) is 10.5. The lowest BCUT2D eigenvalue weighted by Gasteiger charge is -2.19. The average molecular weight is 292 g/mol. The van der Waals surface area contributed by atoms with Crippen LogP contribution in [-0.2, 0) is 0 Å². The molecule has 0 aromatic rings. The number of hydrogen-bond donors (Lipinski definition) is 0. The van der Waals surface area contributed by atoms with Crippen LogP contribution in [0.2, 0.25) is 13.1 Å². The topological polar surface area (TPSA) is 0 Å². The summed E-state index contributed by atoms with van der Waals surface area (Å²) in [5.41, 5.74) is 11.6. The van der Waals surface area contributed by atoms with E-state index in [1.165, 1.54) is 22.3 Å². The lowest BCUT2D eigenvalue weighted by molar-refractivity contribution is 0.859. The molecule has 0 N–H and O–H groups in total. The van der Waals surface area contributed by atoms with Crippen molar-refractivity contribution in [1.82, 2.24) is 0 Å². The van der Waals surface area contributed by atoms with Crippen molar-refractivity contribution in [3.63, 3.8) is 0 Å². The highest BCUT2D eigenvalue weighted by Crippen LogP contribution is 2.43. The molecule has 0 spiro atoms. The van der Waals surface area contributed by atoms with Crippen LogP contribution in [0.3, 0.4) is 0 Å². The molecule has 1 heteroatoms. The van der Waals surface area contributed by atoms with Crippen molar-refractivity contribution in [1.29, 1.82) is 0 Å². The third-order valence-corrected chi connectivity index (χ3v) is 5.59. The van der Waals surface area contributed by atoms with Gasteiger partial charge in [0.15, 0.2) is 0 Å². The van der Waals surface area contributed by atoms with Crippen LogP contribution in [-0.4, -0.2) is 14.1 Å². The van der Waals surface area contributed by atoms with Gasteiger partial charge in [-0.25, -0.2) is 0 Å². The zero-order chi connectivity index (χ0) is 15.0. The molecule has 0 aromatic heterocycles. The van der Waals surface area contributed by atoms with Crippen molar-refractivity contribution in [2.75, 3.05) is 0 Å². The minimum atomic E-state index is -0.339. The fourth-order valence-corrected chi connectivity index (χ4v) is 4.77. The Morgan fingerprint density at radius 3 is 2.67 bits per heavy atom. The Bertz CT molecular complexity index is 683. The van der Waals surface area contributed by atoms with E-state index in [1.54, 1.807) is 11.1 Å². The van der Waals surface area contributed by atoms with Gasteiger partial charge in [-0.15, -0.1) is 0 Å². The van der Waals surface area contributed by atoms with E-state index in [1.807, 2.05) is 0 Å². The van der Waals surface area contributed by atoms with Crippen LogP contribution in [0.1, 0.15) is 26.7 Å². The Labute approximate surface area is 130 Å². The summed E-state index contributed by atoms with van der Waals surface area (Å²) in [5, 5.41) is 0. The second kappa shape index (κ2) is 5.73. The first-order chi connectivity index (χ1) is 10.1. The minimum Gasteiger partial charge on any atom is -0.0963 e. The fourth-order valence-electron chi connectivity index (χ4n) is 3.66. The predicted octanol–water partition coefficient (Wildman–Crippen LogP) is 5.16. The molecule has 0 radical (unpaired) electrons. The molecule has 108 valence electrons. The monoisotopic (exact) mass is 292 g/mol. The SMILES string of the molecule is CC1=CC2=CC=CCC(C=[Si](C)C)C2=C1C1=C(C)C=CC1. The molecular weight excluding hydrogens is 268 g/mol. The Morgan fingerprint density at radius 2 is 2.00 bits per heavy atom. The Balaban J connectivity index is 2.18. The van der Waals surface area contributed by atoms with Crippen molar-refractivity contribution in [2.45, 2.75) is 39.8 Å². The minimum absolute atomic E-state index is 0.339. The molecule has 3 aliphatic carbocycles. The summed E-state index contributed by atoms with van der Waals surface area (Å²) >= 11 is 0. The molecule has 3 aliphatic rings. The van der Waals surface area contributed by atoms with Crippen LogP contribution in [0.25, 0.3) is 0 Å². The van der Waals surface area contributed by atoms with E-state index in [-0.39, 0.29) is 8.41 Å². The van der Waals surface area contributed by atoms with Crippen LogP contribution in [0.4, 0.5) is 0 Å². The highest BCUT2D eigenvalue weighted by Gasteiger charge is 2.28. The van der Waals surface area contributed by atoms with Crippen molar-refractivity contribution in [2.24, 2.45) is 5.92 Å². The molecule has 3 rings (SSSR count). The molecule has 0 heterocycles. The maximum Gasteiger partial charge on any atom is 0.00257 e. The summed E-state index contributed by atoms with van der Waals surface area (Å²) in [4.78, 5) is 0. The van der Waals surface area contributed by atoms with Gasteiger partial charge in [-0.05, 0) is 68.5 Å². The molecule has 0 amide bonds. The smallest absolute Gasteiger partial charge is 0.00257 e. The number of rotatable bonds is 2. The predicted molar refractivity (Wildman–Crippen MR) is 96.1 cm³/mol. The van der Waals surface area contributed by atoms with Gasteiger partial charge in [0.1, 0.15) is 0 Å². The van der Waals surface area contributed by atoms with Gasteiger partial charge in [-0.1, -0.05) is 55.2 Å². The van der Waals surface area contributed by atoms with E-state index in [2.05, 4.69) is 69.1 Å². The lowest BCUT2D eigenvalue weighted by atomic mass is 9.87. The lowest BCUT2D eigenvalue weighted by Crippen LogP contribution is -2.12. The van der Waals surface area contributed by atoms with Crippen molar-refractivity contribution in [3.8, 4) is 0 Å². The van der Waals surface area contributed by atoms with E-state index in [9.17, 15) is 0 Å². The quantitative estimate of drug-likeness (QED) is 0.617. The Hall–Kier alpha value is -1.47. The number of fused-ring (bicyclic) bond motifs is 1. The van der Waals surface area contributed by atoms with E-state index in [0.29, 0.717) is 5.92 Å². The third-order valence-electron chi connectivity index (χ3n) is 4.52. The van der Waals surface area contributed by atoms with Gasteiger partial charge in [0.25, 0.3) is 0 Å². The van der Waals surface area contributed by atoms with Gasteiger partial charge in [-0.2, -0.15) is 0 Å². The fraction of sp³-hybridized carbons (Fsp3) is 0.350. The van der Waals surface area contributed by atoms with E-state index in [4.69, 9.17) is 0 Å². The average Bonchev–Trinajstić information content (AvgIpc) is 2.90. The largest absolute Gasteiger partial charge is 0.0963 e. The van der Waals surface area contributed by atoms with E-state index >= 15 is 0 Å². The highest BCUT2D eigenvalue weighted by molar-refractivity contribution is 6.64. The first kappa shape index (κ1) is 14.5. The normalized spacial score (nSPS) is 24.1. The maximum atomic E-state index is 2.62. The molecule has 0 aromatic carbocycles. The Morgan fingerprint density at radius 1 is 1.19 bits per heavy atom. The van der Waals surface area contributed by atoms with Gasteiger partial charge in [0, 0.05) is 5.92 Å². The summed E-state index contributed by atoms with van der Waals surface area (Å²) in [5.74, 6) is 0.587. The zero-order valence-electron chi connectivity index (χ0n) is 13.5. The van der Waals surface area contributed by atoms with Crippen LogP contribution >= 0.6 is 0 Å².